The van der Waals surface area contributed by atoms with Crippen LogP contribution in [0.1, 0.15) is 43.2 Å². The number of rotatable bonds is 5. The molecule has 92 valence electrons. The van der Waals surface area contributed by atoms with Gasteiger partial charge >= 0.3 is 0 Å². The summed E-state index contributed by atoms with van der Waals surface area (Å²) in [5.74, 6) is 0.959. The number of hydrogen-bond donors (Lipinski definition) is 1. The SMILES string of the molecule is CCCn1cc(C(N)c2ccoc2CC)cn1. The van der Waals surface area contributed by atoms with E-state index in [1.807, 2.05) is 23.1 Å². The maximum Gasteiger partial charge on any atom is 0.108 e. The minimum atomic E-state index is -0.144. The van der Waals surface area contributed by atoms with Gasteiger partial charge in [-0.05, 0) is 12.5 Å². The zero-order valence-corrected chi connectivity index (χ0v) is 10.4. The fourth-order valence-corrected chi connectivity index (χ4v) is 1.99. The van der Waals surface area contributed by atoms with E-state index >= 15 is 0 Å². The predicted molar refractivity (Wildman–Crippen MR) is 66.6 cm³/mol. The molecule has 0 radical (unpaired) electrons. The van der Waals surface area contributed by atoms with E-state index in [1.165, 1.54) is 0 Å². The monoisotopic (exact) mass is 233 g/mol. The Kier molecular flexibility index (Phi) is 3.64. The molecule has 4 heteroatoms. The highest BCUT2D eigenvalue weighted by Gasteiger charge is 2.16. The Bertz CT molecular complexity index is 472. The average molecular weight is 233 g/mol. The molecule has 2 aromatic rings. The van der Waals surface area contributed by atoms with Crippen LogP contribution in [-0.4, -0.2) is 9.78 Å². The van der Waals surface area contributed by atoms with Gasteiger partial charge in [0, 0.05) is 30.3 Å². The Morgan fingerprint density at radius 3 is 3.00 bits per heavy atom. The van der Waals surface area contributed by atoms with E-state index in [1.54, 1.807) is 6.26 Å². The van der Waals surface area contributed by atoms with Gasteiger partial charge in [0.15, 0.2) is 0 Å². The van der Waals surface area contributed by atoms with Crippen LogP contribution in [0.5, 0.6) is 0 Å². The molecule has 0 saturated carbocycles. The molecule has 0 saturated heterocycles. The number of aryl methyl sites for hydroxylation is 2. The van der Waals surface area contributed by atoms with E-state index in [0.29, 0.717) is 0 Å². The van der Waals surface area contributed by atoms with Crippen LogP contribution in [0.15, 0.2) is 29.1 Å². The highest BCUT2D eigenvalue weighted by Crippen LogP contribution is 2.23. The summed E-state index contributed by atoms with van der Waals surface area (Å²) in [5, 5.41) is 4.30. The van der Waals surface area contributed by atoms with Crippen molar-refractivity contribution in [2.24, 2.45) is 5.73 Å². The number of furan rings is 1. The molecule has 2 N–H and O–H groups in total. The minimum Gasteiger partial charge on any atom is -0.469 e. The summed E-state index contributed by atoms with van der Waals surface area (Å²) in [4.78, 5) is 0. The van der Waals surface area contributed by atoms with Crippen LogP contribution in [-0.2, 0) is 13.0 Å². The zero-order chi connectivity index (χ0) is 12.3. The molecule has 17 heavy (non-hydrogen) atoms. The van der Waals surface area contributed by atoms with E-state index in [-0.39, 0.29) is 6.04 Å². The third kappa shape index (κ3) is 2.42. The molecule has 0 aliphatic carbocycles. The van der Waals surface area contributed by atoms with E-state index in [0.717, 1.165) is 36.3 Å². The van der Waals surface area contributed by atoms with E-state index in [9.17, 15) is 0 Å². The molecule has 2 heterocycles. The van der Waals surface area contributed by atoms with Crippen LogP contribution in [0.3, 0.4) is 0 Å². The Morgan fingerprint density at radius 2 is 2.29 bits per heavy atom. The standard InChI is InChI=1S/C13H19N3O/c1-3-6-16-9-10(8-15-16)13(14)11-5-7-17-12(11)4-2/h5,7-9,13H,3-4,6,14H2,1-2H3. The fourth-order valence-electron chi connectivity index (χ4n) is 1.99. The van der Waals surface area contributed by atoms with Crippen LogP contribution < -0.4 is 5.73 Å². The van der Waals surface area contributed by atoms with Crippen molar-refractivity contribution in [3.8, 4) is 0 Å². The lowest BCUT2D eigenvalue weighted by molar-refractivity contribution is 0.509. The van der Waals surface area contributed by atoms with Gasteiger partial charge in [-0.2, -0.15) is 5.10 Å². The second-order valence-electron chi connectivity index (χ2n) is 4.17. The summed E-state index contributed by atoms with van der Waals surface area (Å²) < 4.78 is 7.33. The van der Waals surface area contributed by atoms with Gasteiger partial charge in [0.25, 0.3) is 0 Å². The van der Waals surface area contributed by atoms with Crippen LogP contribution in [0.25, 0.3) is 0 Å². The van der Waals surface area contributed by atoms with Crippen molar-refractivity contribution in [1.29, 1.82) is 0 Å². The van der Waals surface area contributed by atoms with Gasteiger partial charge < -0.3 is 10.2 Å². The molecular weight excluding hydrogens is 214 g/mol. The predicted octanol–water partition coefficient (Wildman–Crippen LogP) is 2.50. The first-order valence-electron chi connectivity index (χ1n) is 6.10. The van der Waals surface area contributed by atoms with Gasteiger partial charge in [0.2, 0.25) is 0 Å². The third-order valence-corrected chi connectivity index (χ3v) is 2.90. The molecule has 0 aliphatic heterocycles. The smallest absolute Gasteiger partial charge is 0.108 e. The summed E-state index contributed by atoms with van der Waals surface area (Å²) in [7, 11) is 0. The molecule has 2 aromatic heterocycles. The van der Waals surface area contributed by atoms with E-state index < -0.39 is 0 Å². The van der Waals surface area contributed by atoms with Crippen LogP contribution >= 0.6 is 0 Å². The molecule has 1 atom stereocenters. The molecule has 1 unspecified atom stereocenters. The van der Waals surface area contributed by atoms with Crippen LogP contribution in [0, 0.1) is 0 Å². The van der Waals surface area contributed by atoms with Crippen molar-refractivity contribution in [2.45, 2.75) is 39.3 Å². The van der Waals surface area contributed by atoms with Crippen molar-refractivity contribution < 1.29 is 4.42 Å². The zero-order valence-electron chi connectivity index (χ0n) is 10.4. The number of nitrogens with two attached hydrogens (primary N) is 1. The summed E-state index contributed by atoms with van der Waals surface area (Å²) >= 11 is 0. The van der Waals surface area contributed by atoms with Gasteiger partial charge in [-0.25, -0.2) is 0 Å². The first-order valence-corrected chi connectivity index (χ1v) is 6.10. The molecule has 0 bridgehead atoms. The van der Waals surface area contributed by atoms with Gasteiger partial charge in [-0.3, -0.25) is 4.68 Å². The van der Waals surface area contributed by atoms with Crippen LogP contribution in [0.2, 0.25) is 0 Å². The first-order chi connectivity index (χ1) is 8.26. The fraction of sp³-hybridized carbons (Fsp3) is 0.462. The van der Waals surface area contributed by atoms with Gasteiger partial charge in [-0.15, -0.1) is 0 Å². The minimum absolute atomic E-state index is 0.144. The molecule has 0 amide bonds. The van der Waals surface area contributed by atoms with Gasteiger partial charge in [-0.1, -0.05) is 13.8 Å². The van der Waals surface area contributed by atoms with Crippen molar-refractivity contribution >= 4 is 0 Å². The Balaban J connectivity index is 2.21. The molecule has 4 nitrogen and oxygen atoms in total. The average Bonchev–Trinajstić information content (AvgIpc) is 2.96. The summed E-state index contributed by atoms with van der Waals surface area (Å²) in [6, 6.07) is 1.80. The Labute approximate surface area is 101 Å². The molecule has 0 aliphatic rings. The lowest BCUT2D eigenvalue weighted by atomic mass is 10.0. The normalized spacial score (nSPS) is 12.9. The van der Waals surface area contributed by atoms with Gasteiger partial charge in [0.1, 0.15) is 5.76 Å². The number of hydrogen-bond acceptors (Lipinski definition) is 3. The maximum atomic E-state index is 6.23. The summed E-state index contributed by atoms with van der Waals surface area (Å²) in [6.45, 7) is 5.13. The third-order valence-electron chi connectivity index (χ3n) is 2.90. The van der Waals surface area contributed by atoms with Crippen molar-refractivity contribution in [3.63, 3.8) is 0 Å². The molecule has 0 aromatic carbocycles. The highest BCUT2D eigenvalue weighted by atomic mass is 16.3. The van der Waals surface area contributed by atoms with Crippen molar-refractivity contribution in [1.82, 2.24) is 9.78 Å². The topological polar surface area (TPSA) is 57.0 Å². The quantitative estimate of drug-likeness (QED) is 0.863. The second-order valence-corrected chi connectivity index (χ2v) is 4.17. The lowest BCUT2D eigenvalue weighted by Gasteiger charge is -2.08. The second kappa shape index (κ2) is 5.19. The van der Waals surface area contributed by atoms with E-state index in [4.69, 9.17) is 10.2 Å². The largest absolute Gasteiger partial charge is 0.469 e. The lowest BCUT2D eigenvalue weighted by Crippen LogP contribution is -2.12. The number of aromatic nitrogens is 2. The molecule has 2 rings (SSSR count). The molecule has 0 fully saturated rings. The first kappa shape index (κ1) is 11.9. The molecular formula is C13H19N3O. The van der Waals surface area contributed by atoms with Crippen molar-refractivity contribution in [3.05, 3.63) is 41.6 Å². The molecule has 0 spiro atoms. The highest BCUT2D eigenvalue weighted by molar-refractivity contribution is 5.30. The van der Waals surface area contributed by atoms with Crippen molar-refractivity contribution in [2.75, 3.05) is 0 Å². The summed E-state index contributed by atoms with van der Waals surface area (Å²) in [6.07, 6.45) is 7.49. The van der Waals surface area contributed by atoms with E-state index in [2.05, 4.69) is 18.9 Å². The Morgan fingerprint density at radius 1 is 1.47 bits per heavy atom. The van der Waals surface area contributed by atoms with Gasteiger partial charge in [0.05, 0.1) is 18.5 Å². The Hall–Kier alpha value is -1.55. The maximum absolute atomic E-state index is 6.23. The summed E-state index contributed by atoms with van der Waals surface area (Å²) in [5.41, 5.74) is 8.33. The number of nitrogens with zero attached hydrogens (tertiary/aromatic N) is 2. The van der Waals surface area contributed by atoms with Crippen LogP contribution in [0.4, 0.5) is 0 Å².